The van der Waals surface area contributed by atoms with Gasteiger partial charge in [-0.1, -0.05) is 38.1 Å². The van der Waals surface area contributed by atoms with E-state index in [1.807, 2.05) is 24.3 Å². The fourth-order valence-electron chi connectivity index (χ4n) is 1.16. The van der Waals surface area contributed by atoms with Gasteiger partial charge in [-0.15, -0.1) is 0 Å². The topological polar surface area (TPSA) is 66.8 Å². The first-order chi connectivity index (χ1) is 6.88. The molecule has 4 nitrogen and oxygen atoms in total. The maximum atomic E-state index is 10.5. The molecule has 0 spiro atoms. The van der Waals surface area contributed by atoms with Gasteiger partial charge in [0.15, 0.2) is 0 Å². The van der Waals surface area contributed by atoms with Crippen molar-refractivity contribution < 1.29 is 18.9 Å². The summed E-state index contributed by atoms with van der Waals surface area (Å²) in [7, 11) is -4.36. The first-order valence-electron chi connectivity index (χ1n) is 4.67. The Kier molecular flexibility index (Phi) is 4.05. The molecule has 0 atom stereocenters. The summed E-state index contributed by atoms with van der Waals surface area (Å²) in [6.07, 6.45) is 0. The summed E-state index contributed by atoms with van der Waals surface area (Å²) < 4.78 is 14.8. The van der Waals surface area contributed by atoms with E-state index < -0.39 is 7.82 Å². The second-order valence-electron chi connectivity index (χ2n) is 3.66. The lowest BCUT2D eigenvalue weighted by Crippen LogP contribution is -1.92. The number of benzene rings is 1. The lowest BCUT2D eigenvalue weighted by molar-refractivity contribution is 0.189. The quantitative estimate of drug-likeness (QED) is 0.779. The predicted molar refractivity (Wildman–Crippen MR) is 57.4 cm³/mol. The number of rotatable bonds is 4. The molecule has 0 saturated carbocycles. The molecule has 0 aliphatic heterocycles. The first-order valence-corrected chi connectivity index (χ1v) is 6.20. The number of phosphoric acid groups is 1. The molecule has 15 heavy (non-hydrogen) atoms. The minimum absolute atomic E-state index is 0.0668. The van der Waals surface area contributed by atoms with E-state index in [0.29, 0.717) is 5.92 Å². The highest BCUT2D eigenvalue weighted by atomic mass is 31.2. The van der Waals surface area contributed by atoms with Crippen molar-refractivity contribution >= 4 is 7.82 Å². The zero-order valence-electron chi connectivity index (χ0n) is 8.75. The summed E-state index contributed by atoms with van der Waals surface area (Å²) in [5.41, 5.74) is 1.94. The largest absolute Gasteiger partial charge is 0.469 e. The third-order valence-electron chi connectivity index (χ3n) is 2.05. The Hall–Kier alpha value is -0.670. The van der Waals surface area contributed by atoms with Gasteiger partial charge in [-0.05, 0) is 17.0 Å². The second kappa shape index (κ2) is 4.90. The molecule has 0 aliphatic carbocycles. The van der Waals surface area contributed by atoms with Gasteiger partial charge in [0.25, 0.3) is 0 Å². The monoisotopic (exact) mass is 230 g/mol. The zero-order chi connectivity index (χ0) is 11.5. The first kappa shape index (κ1) is 12.4. The molecule has 2 N–H and O–H groups in total. The molecule has 0 radical (unpaired) electrons. The summed E-state index contributed by atoms with van der Waals surface area (Å²) in [5, 5.41) is 0. The van der Waals surface area contributed by atoms with Crippen molar-refractivity contribution in [2.75, 3.05) is 0 Å². The van der Waals surface area contributed by atoms with Gasteiger partial charge < -0.3 is 9.79 Å². The van der Waals surface area contributed by atoms with Crippen LogP contribution in [0.15, 0.2) is 24.3 Å². The van der Waals surface area contributed by atoms with Crippen molar-refractivity contribution in [3.63, 3.8) is 0 Å². The van der Waals surface area contributed by atoms with Crippen LogP contribution in [0.4, 0.5) is 0 Å². The Bertz CT molecular complexity index is 352. The van der Waals surface area contributed by atoms with Crippen molar-refractivity contribution in [3.8, 4) is 0 Å². The van der Waals surface area contributed by atoms with E-state index in [2.05, 4.69) is 18.4 Å². The molecule has 0 heterocycles. The number of hydrogen-bond donors (Lipinski definition) is 2. The standard InChI is InChI=1S/C10H15O4P/c1-8(2)10-5-3-9(4-6-10)7-14-15(11,12)13/h3-6,8H,7H2,1-2H3,(H2,11,12,13). The molecule has 0 unspecified atom stereocenters. The van der Waals surface area contributed by atoms with E-state index in [1.165, 1.54) is 5.56 Å². The van der Waals surface area contributed by atoms with Gasteiger partial charge in [-0.25, -0.2) is 4.57 Å². The molecule has 0 aromatic heterocycles. The number of hydrogen-bond acceptors (Lipinski definition) is 2. The van der Waals surface area contributed by atoms with Crippen LogP contribution < -0.4 is 0 Å². The van der Waals surface area contributed by atoms with E-state index >= 15 is 0 Å². The Labute approximate surface area is 89.1 Å². The van der Waals surface area contributed by atoms with Crippen molar-refractivity contribution in [1.29, 1.82) is 0 Å². The summed E-state index contributed by atoms with van der Waals surface area (Å²) >= 11 is 0. The van der Waals surface area contributed by atoms with Crippen LogP contribution in [0.25, 0.3) is 0 Å². The van der Waals surface area contributed by atoms with E-state index in [-0.39, 0.29) is 6.61 Å². The zero-order valence-corrected chi connectivity index (χ0v) is 9.65. The summed E-state index contributed by atoms with van der Waals surface area (Å²) in [6.45, 7) is 4.10. The number of phosphoric ester groups is 1. The van der Waals surface area contributed by atoms with Gasteiger partial charge in [-0.2, -0.15) is 0 Å². The molecule has 1 aromatic carbocycles. The van der Waals surface area contributed by atoms with Crippen LogP contribution in [-0.4, -0.2) is 9.79 Å². The van der Waals surface area contributed by atoms with Crippen LogP contribution >= 0.6 is 7.82 Å². The smallest absolute Gasteiger partial charge is 0.303 e. The van der Waals surface area contributed by atoms with Gasteiger partial charge in [0.05, 0.1) is 6.61 Å². The highest BCUT2D eigenvalue weighted by Crippen LogP contribution is 2.36. The van der Waals surface area contributed by atoms with Crippen LogP contribution in [0.3, 0.4) is 0 Å². The van der Waals surface area contributed by atoms with E-state index in [1.54, 1.807) is 0 Å². The fraction of sp³-hybridized carbons (Fsp3) is 0.400. The average molecular weight is 230 g/mol. The molecular formula is C10H15O4P. The van der Waals surface area contributed by atoms with Crippen molar-refractivity contribution in [2.24, 2.45) is 0 Å². The minimum atomic E-state index is -4.36. The van der Waals surface area contributed by atoms with E-state index in [4.69, 9.17) is 9.79 Å². The van der Waals surface area contributed by atoms with Crippen LogP contribution in [-0.2, 0) is 15.7 Å². The molecule has 0 saturated heterocycles. The van der Waals surface area contributed by atoms with Crippen LogP contribution in [0.2, 0.25) is 0 Å². The summed E-state index contributed by atoms with van der Waals surface area (Å²) in [5.74, 6) is 0.446. The van der Waals surface area contributed by atoms with Crippen molar-refractivity contribution in [3.05, 3.63) is 35.4 Å². The Balaban J connectivity index is 2.61. The van der Waals surface area contributed by atoms with Gasteiger partial charge in [-0.3, -0.25) is 4.52 Å². The Morgan fingerprint density at radius 3 is 2.20 bits per heavy atom. The van der Waals surface area contributed by atoms with Crippen LogP contribution in [0.1, 0.15) is 30.9 Å². The maximum Gasteiger partial charge on any atom is 0.469 e. The molecule has 0 aliphatic rings. The Morgan fingerprint density at radius 2 is 1.80 bits per heavy atom. The molecule has 84 valence electrons. The van der Waals surface area contributed by atoms with E-state index in [9.17, 15) is 4.57 Å². The minimum Gasteiger partial charge on any atom is -0.303 e. The fourth-order valence-corrected chi connectivity index (χ4v) is 1.47. The molecular weight excluding hydrogens is 215 g/mol. The highest BCUT2D eigenvalue weighted by molar-refractivity contribution is 7.46. The van der Waals surface area contributed by atoms with Gasteiger partial charge in [0, 0.05) is 0 Å². The summed E-state index contributed by atoms with van der Waals surface area (Å²) in [4.78, 5) is 17.0. The van der Waals surface area contributed by atoms with Gasteiger partial charge in [0.2, 0.25) is 0 Å². The molecule has 0 amide bonds. The molecule has 0 bridgehead atoms. The maximum absolute atomic E-state index is 10.5. The third-order valence-corrected chi connectivity index (χ3v) is 2.51. The molecule has 1 rings (SSSR count). The van der Waals surface area contributed by atoms with E-state index in [0.717, 1.165) is 5.56 Å². The molecule has 0 fully saturated rings. The predicted octanol–water partition coefficient (Wildman–Crippen LogP) is 2.42. The third kappa shape index (κ3) is 4.58. The lowest BCUT2D eigenvalue weighted by atomic mass is 10.0. The normalized spacial score (nSPS) is 12.1. The summed E-state index contributed by atoms with van der Waals surface area (Å²) in [6, 6.07) is 7.49. The highest BCUT2D eigenvalue weighted by Gasteiger charge is 2.13. The van der Waals surface area contributed by atoms with Crippen LogP contribution in [0, 0.1) is 0 Å². The van der Waals surface area contributed by atoms with Crippen molar-refractivity contribution in [1.82, 2.24) is 0 Å². The van der Waals surface area contributed by atoms with Crippen molar-refractivity contribution in [2.45, 2.75) is 26.4 Å². The van der Waals surface area contributed by atoms with Gasteiger partial charge in [0.1, 0.15) is 0 Å². The SMILES string of the molecule is CC(C)c1ccc(COP(=O)(O)O)cc1. The Morgan fingerprint density at radius 1 is 1.27 bits per heavy atom. The average Bonchev–Trinajstić information content (AvgIpc) is 2.14. The second-order valence-corrected chi connectivity index (χ2v) is 4.90. The molecule has 5 heteroatoms. The van der Waals surface area contributed by atoms with Gasteiger partial charge >= 0.3 is 7.82 Å². The van der Waals surface area contributed by atoms with Crippen LogP contribution in [0.5, 0.6) is 0 Å². The molecule has 1 aromatic rings. The lowest BCUT2D eigenvalue weighted by Gasteiger charge is -2.08.